The fraction of sp³-hybridized carbons (Fsp3) is 0. The molecule has 0 aliphatic carbocycles. The Morgan fingerprint density at radius 2 is 1.83 bits per heavy atom. The first-order valence-electron chi connectivity index (χ1n) is 5.25. The molecular weight excluding hydrogens is 271 g/mol. The van der Waals surface area contributed by atoms with Gasteiger partial charge < -0.3 is 10.3 Å². The molecule has 0 radical (unpaired) electrons. The third kappa shape index (κ3) is 1.89. The zero-order valence-electron chi connectivity index (χ0n) is 9.11. The van der Waals surface area contributed by atoms with Crippen LogP contribution in [0.2, 0.25) is 10.0 Å². The number of nitrogens with zero attached hydrogens (tertiary/aromatic N) is 2. The lowest BCUT2D eigenvalue weighted by Crippen LogP contribution is -1.96. The van der Waals surface area contributed by atoms with Crippen LogP contribution >= 0.6 is 23.2 Å². The summed E-state index contributed by atoms with van der Waals surface area (Å²) in [5, 5.41) is 5.11. The molecule has 0 amide bonds. The molecule has 0 atom stereocenters. The van der Waals surface area contributed by atoms with Crippen LogP contribution in [0.3, 0.4) is 0 Å². The third-order valence-corrected chi connectivity index (χ3v) is 3.19. The molecule has 0 unspecified atom stereocenters. The van der Waals surface area contributed by atoms with Crippen LogP contribution in [0.4, 0.5) is 11.5 Å². The number of anilines is 2. The van der Waals surface area contributed by atoms with Gasteiger partial charge in [-0.2, -0.15) is 0 Å². The lowest BCUT2D eigenvalue weighted by Gasteiger charge is -2.09. The van der Waals surface area contributed by atoms with Crippen molar-refractivity contribution in [3.8, 4) is 0 Å². The molecule has 18 heavy (non-hydrogen) atoms. The molecular formula is C12H8Cl2N4. The van der Waals surface area contributed by atoms with Crippen molar-refractivity contribution in [1.29, 1.82) is 0 Å². The number of benzene rings is 1. The minimum atomic E-state index is 0.546. The van der Waals surface area contributed by atoms with E-state index in [1.165, 1.54) is 6.33 Å². The van der Waals surface area contributed by atoms with Crippen molar-refractivity contribution in [2.45, 2.75) is 0 Å². The van der Waals surface area contributed by atoms with Gasteiger partial charge in [0.05, 0.1) is 21.1 Å². The predicted molar refractivity (Wildman–Crippen MR) is 73.6 cm³/mol. The lowest BCUT2D eigenvalue weighted by atomic mass is 10.3. The Morgan fingerprint density at radius 1 is 1.06 bits per heavy atom. The number of hydrogen-bond donors (Lipinski definition) is 2. The van der Waals surface area contributed by atoms with Gasteiger partial charge in [-0.1, -0.05) is 29.3 Å². The van der Waals surface area contributed by atoms with E-state index in [0.717, 1.165) is 11.0 Å². The molecule has 2 heterocycles. The molecule has 2 N–H and O–H groups in total. The van der Waals surface area contributed by atoms with E-state index in [-0.39, 0.29) is 0 Å². The van der Waals surface area contributed by atoms with Crippen molar-refractivity contribution in [3.63, 3.8) is 0 Å². The molecule has 0 aliphatic rings. The van der Waals surface area contributed by atoms with Crippen LogP contribution < -0.4 is 5.32 Å². The number of halogens is 2. The molecule has 3 aromatic rings. The SMILES string of the molecule is Clc1cccc(Cl)c1Nc1ncnc2[nH]ccc12. The topological polar surface area (TPSA) is 53.6 Å². The normalized spacial score (nSPS) is 10.8. The van der Waals surface area contributed by atoms with Gasteiger partial charge >= 0.3 is 0 Å². The summed E-state index contributed by atoms with van der Waals surface area (Å²) in [6.45, 7) is 0. The molecule has 0 fully saturated rings. The van der Waals surface area contributed by atoms with E-state index in [4.69, 9.17) is 23.2 Å². The average molecular weight is 279 g/mol. The van der Waals surface area contributed by atoms with Gasteiger partial charge in [0.2, 0.25) is 0 Å². The Bertz CT molecular complexity index is 688. The number of aromatic amines is 1. The number of rotatable bonds is 2. The van der Waals surface area contributed by atoms with Gasteiger partial charge in [-0.15, -0.1) is 0 Å². The summed E-state index contributed by atoms with van der Waals surface area (Å²) in [5.41, 5.74) is 1.40. The molecule has 0 aliphatic heterocycles. The number of nitrogens with one attached hydrogen (secondary N) is 2. The summed E-state index contributed by atoms with van der Waals surface area (Å²) < 4.78 is 0. The summed E-state index contributed by atoms with van der Waals surface area (Å²) in [4.78, 5) is 11.3. The molecule has 0 saturated heterocycles. The second-order valence-electron chi connectivity index (χ2n) is 3.68. The molecule has 0 bridgehead atoms. The van der Waals surface area contributed by atoms with Gasteiger partial charge in [0.1, 0.15) is 17.8 Å². The smallest absolute Gasteiger partial charge is 0.143 e. The average Bonchev–Trinajstić information content (AvgIpc) is 2.83. The zero-order chi connectivity index (χ0) is 12.5. The van der Waals surface area contributed by atoms with Crippen LogP contribution in [0.15, 0.2) is 36.8 Å². The highest BCUT2D eigenvalue weighted by molar-refractivity contribution is 6.39. The van der Waals surface area contributed by atoms with E-state index in [9.17, 15) is 0 Å². The van der Waals surface area contributed by atoms with Crippen molar-refractivity contribution < 1.29 is 0 Å². The molecule has 0 spiro atoms. The highest BCUT2D eigenvalue weighted by Crippen LogP contribution is 2.33. The maximum atomic E-state index is 6.11. The van der Waals surface area contributed by atoms with Crippen LogP contribution in [0.1, 0.15) is 0 Å². The predicted octanol–water partition coefficient (Wildman–Crippen LogP) is 4.01. The fourth-order valence-electron chi connectivity index (χ4n) is 1.71. The minimum absolute atomic E-state index is 0.546. The van der Waals surface area contributed by atoms with E-state index in [2.05, 4.69) is 20.3 Å². The minimum Gasteiger partial charge on any atom is -0.346 e. The zero-order valence-corrected chi connectivity index (χ0v) is 10.6. The lowest BCUT2D eigenvalue weighted by molar-refractivity contribution is 1.20. The summed E-state index contributed by atoms with van der Waals surface area (Å²) in [5.74, 6) is 0.663. The number of H-pyrrole nitrogens is 1. The maximum Gasteiger partial charge on any atom is 0.143 e. The van der Waals surface area contributed by atoms with E-state index >= 15 is 0 Å². The first-order valence-corrected chi connectivity index (χ1v) is 6.00. The second-order valence-corrected chi connectivity index (χ2v) is 4.50. The Hall–Kier alpha value is -1.78. The van der Waals surface area contributed by atoms with Gasteiger partial charge in [0.25, 0.3) is 0 Å². The van der Waals surface area contributed by atoms with Crippen LogP contribution in [-0.4, -0.2) is 15.0 Å². The molecule has 1 aromatic carbocycles. The van der Waals surface area contributed by atoms with Crippen molar-refractivity contribution in [3.05, 3.63) is 46.8 Å². The number of fused-ring (bicyclic) bond motifs is 1. The van der Waals surface area contributed by atoms with Gasteiger partial charge in [0.15, 0.2) is 0 Å². The van der Waals surface area contributed by atoms with Crippen molar-refractivity contribution >= 4 is 45.7 Å². The van der Waals surface area contributed by atoms with Crippen LogP contribution in [0.5, 0.6) is 0 Å². The standard InChI is InChI=1S/C12H8Cl2N4/c13-8-2-1-3-9(14)10(8)18-12-7-4-5-15-11(7)16-6-17-12/h1-6H,(H2,15,16,17,18). The highest BCUT2D eigenvalue weighted by Gasteiger charge is 2.09. The van der Waals surface area contributed by atoms with Crippen molar-refractivity contribution in [1.82, 2.24) is 15.0 Å². The number of para-hydroxylation sites is 1. The highest BCUT2D eigenvalue weighted by atomic mass is 35.5. The van der Waals surface area contributed by atoms with E-state index < -0.39 is 0 Å². The van der Waals surface area contributed by atoms with Gasteiger partial charge in [-0.3, -0.25) is 0 Å². The third-order valence-electron chi connectivity index (χ3n) is 2.56. The second kappa shape index (κ2) is 4.48. The molecule has 90 valence electrons. The monoisotopic (exact) mass is 278 g/mol. The van der Waals surface area contributed by atoms with Crippen molar-refractivity contribution in [2.24, 2.45) is 0 Å². The van der Waals surface area contributed by atoms with Crippen LogP contribution in [0, 0.1) is 0 Å². The van der Waals surface area contributed by atoms with Crippen LogP contribution in [-0.2, 0) is 0 Å². The summed E-state index contributed by atoms with van der Waals surface area (Å²) >= 11 is 12.2. The van der Waals surface area contributed by atoms with Crippen LogP contribution in [0.25, 0.3) is 11.0 Å². The summed E-state index contributed by atoms with van der Waals surface area (Å²) in [7, 11) is 0. The Kier molecular flexibility index (Phi) is 2.81. The maximum absolute atomic E-state index is 6.11. The molecule has 2 aromatic heterocycles. The van der Waals surface area contributed by atoms with E-state index in [0.29, 0.717) is 21.6 Å². The first-order chi connectivity index (χ1) is 8.75. The van der Waals surface area contributed by atoms with Gasteiger partial charge in [-0.25, -0.2) is 9.97 Å². The Labute approximate surface area is 113 Å². The van der Waals surface area contributed by atoms with E-state index in [1.807, 2.05) is 6.07 Å². The number of hydrogen-bond acceptors (Lipinski definition) is 3. The van der Waals surface area contributed by atoms with Gasteiger partial charge in [-0.05, 0) is 18.2 Å². The van der Waals surface area contributed by atoms with E-state index in [1.54, 1.807) is 24.4 Å². The molecule has 0 saturated carbocycles. The Morgan fingerprint density at radius 3 is 2.61 bits per heavy atom. The first kappa shape index (κ1) is 11.3. The van der Waals surface area contributed by atoms with Gasteiger partial charge in [0, 0.05) is 6.20 Å². The quantitative estimate of drug-likeness (QED) is 0.745. The fourth-order valence-corrected chi connectivity index (χ4v) is 2.20. The molecule has 6 heteroatoms. The summed E-state index contributed by atoms with van der Waals surface area (Å²) in [6.07, 6.45) is 3.28. The molecule has 3 rings (SSSR count). The summed E-state index contributed by atoms with van der Waals surface area (Å²) in [6, 6.07) is 7.22. The Balaban J connectivity index is 2.09. The molecule has 4 nitrogen and oxygen atoms in total. The van der Waals surface area contributed by atoms with Crippen molar-refractivity contribution in [2.75, 3.05) is 5.32 Å². The number of aromatic nitrogens is 3. The largest absolute Gasteiger partial charge is 0.346 e.